The Kier molecular flexibility index (Phi) is 4.07. The first kappa shape index (κ1) is 16.3. The molecule has 0 N–H and O–H groups in total. The third-order valence-electron chi connectivity index (χ3n) is 5.23. The second-order valence-corrected chi connectivity index (χ2v) is 7.33. The predicted molar refractivity (Wildman–Crippen MR) is 93.5 cm³/mol. The van der Waals surface area contributed by atoms with E-state index in [2.05, 4.69) is 21.1 Å². The normalized spacial score (nSPS) is 21.6. The standard InChI is InChI=1S/C19H24N4O2/c1-12-4-7-15(13(2)10-12)19(24)23-9-8-22(3)16(11-23)18-20-17(21-25-18)14-5-6-14/h4,7,10,14,16H,5-6,8-9,11H2,1-3H3/t16-/m0/s1. The van der Waals surface area contributed by atoms with Crippen molar-refractivity contribution in [3.05, 3.63) is 46.6 Å². The van der Waals surface area contributed by atoms with Gasteiger partial charge < -0.3 is 9.42 Å². The van der Waals surface area contributed by atoms with Crippen LogP contribution < -0.4 is 0 Å². The van der Waals surface area contributed by atoms with Gasteiger partial charge in [-0.1, -0.05) is 22.9 Å². The van der Waals surface area contributed by atoms with Crippen molar-refractivity contribution >= 4 is 5.91 Å². The first-order valence-corrected chi connectivity index (χ1v) is 8.93. The number of hydrogen-bond acceptors (Lipinski definition) is 5. The minimum atomic E-state index is -0.0385. The third-order valence-corrected chi connectivity index (χ3v) is 5.23. The van der Waals surface area contributed by atoms with E-state index >= 15 is 0 Å². The molecule has 0 spiro atoms. The van der Waals surface area contributed by atoms with Gasteiger partial charge in [0.1, 0.15) is 6.04 Å². The number of piperazine rings is 1. The molecule has 6 heteroatoms. The van der Waals surface area contributed by atoms with Gasteiger partial charge in [-0.15, -0.1) is 0 Å². The molecular weight excluding hydrogens is 316 g/mol. The van der Waals surface area contributed by atoms with Crippen molar-refractivity contribution in [3.63, 3.8) is 0 Å². The third kappa shape index (κ3) is 3.18. The molecule has 1 aliphatic carbocycles. The molecule has 1 aromatic carbocycles. The monoisotopic (exact) mass is 340 g/mol. The number of aryl methyl sites for hydroxylation is 2. The van der Waals surface area contributed by atoms with Crippen molar-refractivity contribution in [1.82, 2.24) is 19.9 Å². The molecule has 0 radical (unpaired) electrons. The van der Waals surface area contributed by atoms with Gasteiger partial charge in [-0.3, -0.25) is 9.69 Å². The average molecular weight is 340 g/mol. The van der Waals surface area contributed by atoms with Gasteiger partial charge in [-0.05, 0) is 45.4 Å². The van der Waals surface area contributed by atoms with E-state index in [0.717, 1.165) is 36.3 Å². The molecule has 25 heavy (non-hydrogen) atoms. The summed E-state index contributed by atoms with van der Waals surface area (Å²) >= 11 is 0. The molecule has 0 bridgehead atoms. The maximum Gasteiger partial charge on any atom is 0.254 e. The lowest BCUT2D eigenvalue weighted by Gasteiger charge is -2.37. The van der Waals surface area contributed by atoms with Crippen LogP contribution in [-0.2, 0) is 0 Å². The summed E-state index contributed by atoms with van der Waals surface area (Å²) in [6.07, 6.45) is 2.30. The van der Waals surface area contributed by atoms with Crippen molar-refractivity contribution in [2.45, 2.75) is 38.6 Å². The van der Waals surface area contributed by atoms with E-state index in [1.54, 1.807) is 0 Å². The van der Waals surface area contributed by atoms with Gasteiger partial charge in [0.2, 0.25) is 5.89 Å². The number of carbonyl (C=O) groups excluding carboxylic acids is 1. The largest absolute Gasteiger partial charge is 0.338 e. The summed E-state index contributed by atoms with van der Waals surface area (Å²) < 4.78 is 5.51. The Balaban J connectivity index is 1.53. The number of hydrogen-bond donors (Lipinski definition) is 0. The number of rotatable bonds is 3. The molecule has 1 saturated heterocycles. The summed E-state index contributed by atoms with van der Waals surface area (Å²) in [6.45, 7) is 6.12. The van der Waals surface area contributed by atoms with Gasteiger partial charge in [0.25, 0.3) is 5.91 Å². The Bertz CT molecular complexity index is 796. The van der Waals surface area contributed by atoms with Crippen LogP contribution in [0.1, 0.15) is 58.0 Å². The Morgan fingerprint density at radius 3 is 2.76 bits per heavy atom. The van der Waals surface area contributed by atoms with Gasteiger partial charge in [0.15, 0.2) is 5.82 Å². The van der Waals surface area contributed by atoms with E-state index in [4.69, 9.17) is 4.52 Å². The number of aromatic nitrogens is 2. The van der Waals surface area contributed by atoms with Crippen LogP contribution in [0, 0.1) is 13.8 Å². The number of nitrogens with zero attached hydrogens (tertiary/aromatic N) is 4. The van der Waals surface area contributed by atoms with Crippen molar-refractivity contribution in [1.29, 1.82) is 0 Å². The lowest BCUT2D eigenvalue weighted by Crippen LogP contribution is -2.49. The van der Waals surface area contributed by atoms with E-state index in [1.807, 2.05) is 37.9 Å². The Hall–Kier alpha value is -2.21. The summed E-state index contributed by atoms with van der Waals surface area (Å²) in [5.41, 5.74) is 2.97. The molecule has 1 atom stereocenters. The zero-order valence-corrected chi connectivity index (χ0v) is 15.0. The van der Waals surface area contributed by atoms with E-state index in [9.17, 15) is 4.79 Å². The fourth-order valence-corrected chi connectivity index (χ4v) is 3.44. The number of likely N-dealkylation sites (N-methyl/N-ethyl adjacent to an activating group) is 1. The van der Waals surface area contributed by atoms with Gasteiger partial charge in [0, 0.05) is 31.1 Å². The second-order valence-electron chi connectivity index (χ2n) is 7.33. The minimum absolute atomic E-state index is 0.0385. The molecule has 2 fully saturated rings. The summed E-state index contributed by atoms with van der Waals surface area (Å²) in [5.74, 6) is 2.00. The van der Waals surface area contributed by atoms with Gasteiger partial charge in [-0.25, -0.2) is 0 Å². The van der Waals surface area contributed by atoms with Crippen molar-refractivity contribution in [2.75, 3.05) is 26.7 Å². The zero-order chi connectivity index (χ0) is 17.6. The Morgan fingerprint density at radius 1 is 1.24 bits per heavy atom. The quantitative estimate of drug-likeness (QED) is 0.860. The van der Waals surface area contributed by atoms with Crippen LogP contribution in [0.3, 0.4) is 0 Å². The van der Waals surface area contributed by atoms with E-state index in [1.165, 1.54) is 5.56 Å². The summed E-state index contributed by atoms with van der Waals surface area (Å²) in [4.78, 5) is 21.7. The van der Waals surface area contributed by atoms with E-state index < -0.39 is 0 Å². The number of benzene rings is 1. The molecule has 1 amide bonds. The SMILES string of the molecule is Cc1ccc(C(=O)N2CCN(C)[C@H](c3nc(C4CC4)no3)C2)c(C)c1. The van der Waals surface area contributed by atoms with Crippen LogP contribution in [0.2, 0.25) is 0 Å². The highest BCUT2D eigenvalue weighted by atomic mass is 16.5. The molecular formula is C19H24N4O2. The van der Waals surface area contributed by atoms with Crippen LogP contribution in [0.15, 0.2) is 22.7 Å². The van der Waals surface area contributed by atoms with Crippen molar-refractivity contribution in [2.24, 2.45) is 0 Å². The first-order chi connectivity index (χ1) is 12.0. The van der Waals surface area contributed by atoms with Crippen LogP contribution in [0.5, 0.6) is 0 Å². The van der Waals surface area contributed by atoms with E-state index in [0.29, 0.717) is 24.9 Å². The summed E-state index contributed by atoms with van der Waals surface area (Å²) in [5, 5.41) is 4.12. The maximum absolute atomic E-state index is 13.0. The van der Waals surface area contributed by atoms with Gasteiger partial charge in [0.05, 0.1) is 0 Å². The maximum atomic E-state index is 13.0. The first-order valence-electron chi connectivity index (χ1n) is 8.93. The number of carbonyl (C=O) groups is 1. The average Bonchev–Trinajstić information content (AvgIpc) is 3.32. The van der Waals surface area contributed by atoms with Crippen LogP contribution >= 0.6 is 0 Å². The Morgan fingerprint density at radius 2 is 2.04 bits per heavy atom. The Labute approximate surface area is 147 Å². The minimum Gasteiger partial charge on any atom is -0.338 e. The fraction of sp³-hybridized carbons (Fsp3) is 0.526. The van der Waals surface area contributed by atoms with Crippen LogP contribution in [0.25, 0.3) is 0 Å². The van der Waals surface area contributed by atoms with Crippen molar-refractivity contribution in [3.8, 4) is 0 Å². The molecule has 6 nitrogen and oxygen atoms in total. The highest BCUT2D eigenvalue weighted by molar-refractivity contribution is 5.95. The van der Waals surface area contributed by atoms with E-state index in [-0.39, 0.29) is 11.9 Å². The molecule has 2 heterocycles. The smallest absolute Gasteiger partial charge is 0.254 e. The summed E-state index contributed by atoms with van der Waals surface area (Å²) in [7, 11) is 2.05. The lowest BCUT2D eigenvalue weighted by molar-refractivity contribution is 0.0488. The second kappa shape index (κ2) is 6.26. The molecule has 2 aliphatic rings. The lowest BCUT2D eigenvalue weighted by atomic mass is 10.0. The molecule has 0 unspecified atom stereocenters. The van der Waals surface area contributed by atoms with Crippen LogP contribution in [0.4, 0.5) is 0 Å². The zero-order valence-electron chi connectivity index (χ0n) is 15.0. The highest BCUT2D eigenvalue weighted by Gasteiger charge is 2.35. The molecule has 132 valence electrons. The predicted octanol–water partition coefficient (Wildman–Crippen LogP) is 2.69. The van der Waals surface area contributed by atoms with Gasteiger partial charge >= 0.3 is 0 Å². The van der Waals surface area contributed by atoms with Crippen LogP contribution in [-0.4, -0.2) is 52.5 Å². The molecule has 1 saturated carbocycles. The fourth-order valence-electron chi connectivity index (χ4n) is 3.44. The summed E-state index contributed by atoms with van der Waals surface area (Å²) in [6, 6.07) is 5.94. The van der Waals surface area contributed by atoms with Crippen molar-refractivity contribution < 1.29 is 9.32 Å². The molecule has 1 aliphatic heterocycles. The molecule has 1 aromatic heterocycles. The number of amides is 1. The highest BCUT2D eigenvalue weighted by Crippen LogP contribution is 2.39. The molecule has 4 rings (SSSR count). The molecule has 2 aromatic rings. The van der Waals surface area contributed by atoms with Gasteiger partial charge in [-0.2, -0.15) is 4.98 Å². The topological polar surface area (TPSA) is 62.5 Å².